The number of pyridine rings is 1. The predicted molar refractivity (Wildman–Crippen MR) is 136 cm³/mol. The Bertz CT molecular complexity index is 1280. The summed E-state index contributed by atoms with van der Waals surface area (Å²) in [6.07, 6.45) is 2.97. The number of likely N-dealkylation sites (tertiary alicyclic amines) is 1. The largest absolute Gasteiger partial charge is 0.453 e. The number of methoxy groups -OCH3 is 2. The summed E-state index contributed by atoms with van der Waals surface area (Å²) in [5, 5.41) is 14.7. The molecule has 36 heavy (non-hydrogen) atoms. The molecule has 5 N–H and O–H groups in total. The van der Waals surface area contributed by atoms with Crippen molar-refractivity contribution in [3.05, 3.63) is 59.4 Å². The zero-order valence-electron chi connectivity index (χ0n) is 20.4. The number of carbonyl (C=O) groups is 2. The van der Waals surface area contributed by atoms with Crippen LogP contribution in [0.5, 0.6) is 0 Å². The lowest BCUT2D eigenvalue weighted by Crippen LogP contribution is -2.58. The monoisotopic (exact) mass is 494 g/mol. The molecule has 0 radical (unpaired) electrons. The highest BCUT2D eigenvalue weighted by molar-refractivity contribution is 6.10. The van der Waals surface area contributed by atoms with Crippen LogP contribution in [-0.2, 0) is 9.47 Å². The first-order valence-corrected chi connectivity index (χ1v) is 11.4. The van der Waals surface area contributed by atoms with Gasteiger partial charge >= 0.3 is 6.09 Å². The molecule has 190 valence electrons. The van der Waals surface area contributed by atoms with Crippen molar-refractivity contribution in [1.29, 1.82) is 0 Å². The number of aromatic nitrogens is 2. The third-order valence-electron chi connectivity index (χ3n) is 5.86. The molecule has 3 heterocycles. The maximum absolute atomic E-state index is 13.1. The van der Waals surface area contributed by atoms with E-state index >= 15 is 0 Å². The van der Waals surface area contributed by atoms with E-state index < -0.39 is 0 Å². The van der Waals surface area contributed by atoms with Crippen molar-refractivity contribution in [1.82, 2.24) is 19.9 Å². The summed E-state index contributed by atoms with van der Waals surface area (Å²) in [5.41, 5.74) is 13.3. The smallest absolute Gasteiger partial charge is 0.409 e. The molecule has 0 saturated carbocycles. The number of benzene rings is 1. The number of nitrogens with zero attached hydrogens (tertiary/aromatic N) is 4. The van der Waals surface area contributed by atoms with E-state index in [-0.39, 0.29) is 23.9 Å². The molecule has 4 rings (SSSR count). The normalized spacial score (nSPS) is 13.9. The van der Waals surface area contributed by atoms with E-state index in [0.717, 1.165) is 11.3 Å². The molecule has 1 saturated heterocycles. The molecule has 12 nitrogen and oxygen atoms in total. The molecule has 0 atom stereocenters. The quantitative estimate of drug-likeness (QED) is 0.152. The molecule has 3 aromatic rings. The van der Waals surface area contributed by atoms with Gasteiger partial charge in [-0.15, -0.1) is 0 Å². The molecule has 2 aromatic heterocycles. The number of ether oxygens (including phenoxy) is 2. The van der Waals surface area contributed by atoms with Gasteiger partial charge in [0.2, 0.25) is 0 Å². The summed E-state index contributed by atoms with van der Waals surface area (Å²) >= 11 is 0. The molecule has 12 heteroatoms. The van der Waals surface area contributed by atoms with Gasteiger partial charge in [-0.1, -0.05) is 12.1 Å². The van der Waals surface area contributed by atoms with Gasteiger partial charge in [0.1, 0.15) is 0 Å². The Kier molecular flexibility index (Phi) is 7.54. The molecule has 1 aromatic carbocycles. The average Bonchev–Trinajstić information content (AvgIpc) is 3.27. The van der Waals surface area contributed by atoms with E-state index in [1.165, 1.54) is 7.11 Å². The number of aryl methyl sites for hydroxylation is 1. The van der Waals surface area contributed by atoms with Crippen LogP contribution in [0.4, 0.5) is 16.2 Å². The lowest BCUT2D eigenvalue weighted by molar-refractivity contribution is 0.0807. The third kappa shape index (κ3) is 5.49. The number of nitrogens with one attached hydrogen (secondary N) is 3. The number of nitrogens with two attached hydrogens (primary N) is 1. The van der Waals surface area contributed by atoms with Crippen molar-refractivity contribution in [3.8, 4) is 0 Å². The van der Waals surface area contributed by atoms with E-state index in [4.69, 9.17) is 10.5 Å². The topological polar surface area (TPSA) is 148 Å². The van der Waals surface area contributed by atoms with Gasteiger partial charge in [-0.25, -0.2) is 9.31 Å². The van der Waals surface area contributed by atoms with Gasteiger partial charge in [0.15, 0.2) is 5.84 Å². The first-order valence-electron chi connectivity index (χ1n) is 11.4. The fraction of sp³-hybridized carbons (Fsp3) is 0.333. The van der Waals surface area contributed by atoms with Crippen molar-refractivity contribution < 1.29 is 19.1 Å². The molecule has 0 unspecified atom stereocenters. The molecule has 2 amide bonds. The first-order chi connectivity index (χ1) is 17.4. The molecular formula is C24H30N8O4. The van der Waals surface area contributed by atoms with Crippen molar-refractivity contribution in [3.63, 3.8) is 0 Å². The van der Waals surface area contributed by atoms with Gasteiger partial charge in [-0.3, -0.25) is 4.79 Å². The van der Waals surface area contributed by atoms with Crippen molar-refractivity contribution in [2.24, 2.45) is 10.8 Å². The van der Waals surface area contributed by atoms with Crippen LogP contribution in [0, 0.1) is 6.92 Å². The van der Waals surface area contributed by atoms with E-state index in [1.807, 2.05) is 31.2 Å². The minimum atomic E-state index is -0.367. The molecule has 0 spiro atoms. The van der Waals surface area contributed by atoms with Crippen molar-refractivity contribution >= 4 is 34.7 Å². The lowest BCUT2D eigenvalue weighted by Gasteiger charge is -2.37. The predicted octanol–water partition coefficient (Wildman–Crippen LogP) is 1.61. The van der Waals surface area contributed by atoms with E-state index in [0.29, 0.717) is 48.6 Å². The zero-order chi connectivity index (χ0) is 25.7. The van der Waals surface area contributed by atoms with Crippen LogP contribution >= 0.6 is 0 Å². The number of hydrogen-bond acceptors (Lipinski definition) is 8. The van der Waals surface area contributed by atoms with Gasteiger partial charge in [-0.2, -0.15) is 10.2 Å². The SMILES string of the molecule is COCCNc1ccn2ncc(C(=O)Nc3cc(/C(N)=N/NC4CN(C(=O)OC)C4)ccc3C)c2c1. The van der Waals surface area contributed by atoms with Gasteiger partial charge in [-0.05, 0) is 30.7 Å². The number of fused-ring (bicyclic) bond motifs is 1. The summed E-state index contributed by atoms with van der Waals surface area (Å²) in [5.74, 6) is -0.0185. The van der Waals surface area contributed by atoms with E-state index in [9.17, 15) is 9.59 Å². The Morgan fingerprint density at radius 2 is 2.03 bits per heavy atom. The zero-order valence-corrected chi connectivity index (χ0v) is 20.4. The number of hydrogen-bond donors (Lipinski definition) is 4. The van der Waals surface area contributed by atoms with E-state index in [2.05, 4.69) is 31.0 Å². The van der Waals surface area contributed by atoms with Crippen LogP contribution in [0.25, 0.3) is 5.52 Å². The number of rotatable bonds is 9. The van der Waals surface area contributed by atoms with Gasteiger partial charge in [0.25, 0.3) is 5.91 Å². The second-order valence-corrected chi connectivity index (χ2v) is 8.40. The Morgan fingerprint density at radius 1 is 1.22 bits per heavy atom. The number of amidine groups is 1. The highest BCUT2D eigenvalue weighted by atomic mass is 16.5. The number of carbonyl (C=O) groups excluding carboxylic acids is 2. The minimum Gasteiger partial charge on any atom is -0.453 e. The summed E-state index contributed by atoms with van der Waals surface area (Å²) in [6.45, 7) is 4.09. The van der Waals surface area contributed by atoms with E-state index in [1.54, 1.807) is 35.0 Å². The molecular weight excluding hydrogens is 464 g/mol. The Morgan fingerprint density at radius 3 is 2.78 bits per heavy atom. The summed E-state index contributed by atoms with van der Waals surface area (Å²) in [6, 6.07) is 9.23. The highest BCUT2D eigenvalue weighted by Crippen LogP contribution is 2.21. The van der Waals surface area contributed by atoms with Crippen LogP contribution in [0.3, 0.4) is 0 Å². The van der Waals surface area contributed by atoms with Crippen LogP contribution in [-0.4, -0.2) is 78.9 Å². The molecule has 0 aliphatic carbocycles. The van der Waals surface area contributed by atoms with Crippen LogP contribution < -0.4 is 21.8 Å². The summed E-state index contributed by atoms with van der Waals surface area (Å²) in [7, 11) is 2.99. The number of amides is 2. The average molecular weight is 495 g/mol. The van der Waals surface area contributed by atoms with Crippen LogP contribution in [0.1, 0.15) is 21.5 Å². The second kappa shape index (κ2) is 11.0. The standard InChI is InChI=1S/C24H30N8O4/c1-15-4-5-16(22(25)30-29-18-13-31(14-18)24(34)36-3)10-20(15)28-23(33)19-12-27-32-8-6-17(11-21(19)32)26-7-9-35-2/h4-6,8,10-12,18,26,29H,7,9,13-14H2,1-3H3,(H2,25,30)(H,28,33). The highest BCUT2D eigenvalue weighted by Gasteiger charge is 2.31. The number of anilines is 2. The Hall–Kier alpha value is -4.32. The fourth-order valence-corrected chi connectivity index (χ4v) is 3.73. The molecule has 1 aliphatic heterocycles. The maximum atomic E-state index is 13.1. The van der Waals surface area contributed by atoms with Crippen molar-refractivity contribution in [2.45, 2.75) is 13.0 Å². The summed E-state index contributed by atoms with van der Waals surface area (Å²) < 4.78 is 11.4. The Balaban J connectivity index is 1.44. The minimum absolute atomic E-state index is 0.00299. The van der Waals surface area contributed by atoms with Crippen LogP contribution in [0.2, 0.25) is 0 Å². The fourth-order valence-electron chi connectivity index (χ4n) is 3.73. The van der Waals surface area contributed by atoms with Gasteiger partial charge in [0.05, 0.1) is 37.0 Å². The second-order valence-electron chi connectivity index (χ2n) is 8.40. The maximum Gasteiger partial charge on any atom is 0.409 e. The third-order valence-corrected chi connectivity index (χ3v) is 5.86. The summed E-state index contributed by atoms with van der Waals surface area (Å²) in [4.78, 5) is 26.2. The van der Waals surface area contributed by atoms with Crippen molar-refractivity contribution in [2.75, 3.05) is 51.1 Å². The Labute approximate surface area is 208 Å². The molecule has 1 fully saturated rings. The number of hydrazone groups is 1. The van der Waals surface area contributed by atoms with Gasteiger partial charge in [0, 0.05) is 49.9 Å². The van der Waals surface area contributed by atoms with Gasteiger partial charge < -0.3 is 36.2 Å². The lowest BCUT2D eigenvalue weighted by atomic mass is 10.1. The molecule has 1 aliphatic rings. The van der Waals surface area contributed by atoms with Crippen LogP contribution in [0.15, 0.2) is 47.8 Å². The first kappa shape index (κ1) is 24.8. The molecule has 0 bridgehead atoms.